The van der Waals surface area contributed by atoms with Gasteiger partial charge in [0.1, 0.15) is 12.4 Å². The standard InChI is InChI=1S/C23H21ClINO7S/c1-3-31-20(27)13-33-21-17(25)10-14(11-18(21)30-2)12-19-22(28)26(23(29)34-19)8-9-32-16-6-4-15(24)5-7-16/h4-7,10-12H,3,8-9,13H2,1-2H3/b19-12-. The minimum Gasteiger partial charge on any atom is -0.493 e. The molecule has 34 heavy (non-hydrogen) atoms. The maximum atomic E-state index is 12.8. The van der Waals surface area contributed by atoms with Crippen molar-refractivity contribution in [2.75, 3.05) is 33.5 Å². The Labute approximate surface area is 219 Å². The summed E-state index contributed by atoms with van der Waals surface area (Å²) in [7, 11) is 1.47. The molecular weight excluding hydrogens is 597 g/mol. The number of halogens is 2. The van der Waals surface area contributed by atoms with Crippen LogP contribution in [0.3, 0.4) is 0 Å². The second-order valence-electron chi connectivity index (χ2n) is 6.76. The lowest BCUT2D eigenvalue weighted by Gasteiger charge is -2.14. The average molecular weight is 618 g/mol. The quantitative estimate of drug-likeness (QED) is 0.209. The summed E-state index contributed by atoms with van der Waals surface area (Å²) in [5.74, 6) is 0.488. The number of carbonyl (C=O) groups is 3. The van der Waals surface area contributed by atoms with Gasteiger partial charge in [-0.3, -0.25) is 14.5 Å². The molecular formula is C23H21ClINO7S. The second-order valence-corrected chi connectivity index (χ2v) is 9.36. The van der Waals surface area contributed by atoms with Gasteiger partial charge in [0, 0.05) is 5.02 Å². The summed E-state index contributed by atoms with van der Waals surface area (Å²) in [6, 6.07) is 10.3. The topological polar surface area (TPSA) is 91.4 Å². The predicted molar refractivity (Wildman–Crippen MR) is 137 cm³/mol. The molecule has 2 aromatic carbocycles. The minimum atomic E-state index is -0.488. The van der Waals surface area contributed by atoms with E-state index in [0.717, 1.165) is 16.7 Å². The van der Waals surface area contributed by atoms with Gasteiger partial charge < -0.3 is 18.9 Å². The van der Waals surface area contributed by atoms with Crippen molar-refractivity contribution < 1.29 is 33.3 Å². The number of benzene rings is 2. The number of thioether (sulfide) groups is 1. The van der Waals surface area contributed by atoms with Crippen LogP contribution in [0.1, 0.15) is 12.5 Å². The smallest absolute Gasteiger partial charge is 0.344 e. The van der Waals surface area contributed by atoms with Crippen molar-refractivity contribution in [3.05, 3.63) is 55.5 Å². The number of nitrogens with zero attached hydrogens (tertiary/aromatic N) is 1. The highest BCUT2D eigenvalue weighted by Crippen LogP contribution is 2.37. The summed E-state index contributed by atoms with van der Waals surface area (Å²) in [6.45, 7) is 2.00. The first-order valence-electron chi connectivity index (χ1n) is 10.1. The van der Waals surface area contributed by atoms with Crippen LogP contribution in [0, 0.1) is 3.57 Å². The van der Waals surface area contributed by atoms with E-state index in [4.69, 9.17) is 30.5 Å². The van der Waals surface area contributed by atoms with Gasteiger partial charge in [-0.1, -0.05) is 11.6 Å². The molecule has 11 heteroatoms. The molecule has 3 rings (SSSR count). The van der Waals surface area contributed by atoms with E-state index < -0.39 is 11.9 Å². The van der Waals surface area contributed by atoms with Gasteiger partial charge in [-0.2, -0.15) is 0 Å². The molecule has 1 saturated heterocycles. The highest BCUT2D eigenvalue weighted by atomic mass is 127. The Morgan fingerprint density at radius 1 is 1.18 bits per heavy atom. The molecule has 8 nitrogen and oxygen atoms in total. The molecule has 0 bridgehead atoms. The first-order chi connectivity index (χ1) is 16.3. The molecule has 0 atom stereocenters. The van der Waals surface area contributed by atoms with Crippen molar-refractivity contribution in [1.29, 1.82) is 0 Å². The summed E-state index contributed by atoms with van der Waals surface area (Å²) in [5, 5.41) is 0.223. The number of rotatable bonds is 10. The molecule has 0 saturated carbocycles. The number of imide groups is 1. The number of amides is 2. The number of methoxy groups -OCH3 is 1. The van der Waals surface area contributed by atoms with E-state index in [1.165, 1.54) is 7.11 Å². The first kappa shape index (κ1) is 26.2. The van der Waals surface area contributed by atoms with Crippen LogP contribution in [0.4, 0.5) is 4.79 Å². The van der Waals surface area contributed by atoms with Crippen LogP contribution in [0.5, 0.6) is 17.2 Å². The van der Waals surface area contributed by atoms with Crippen molar-refractivity contribution in [2.45, 2.75) is 6.92 Å². The highest BCUT2D eigenvalue weighted by molar-refractivity contribution is 14.1. The average Bonchev–Trinajstić information content (AvgIpc) is 3.06. The van der Waals surface area contributed by atoms with E-state index >= 15 is 0 Å². The van der Waals surface area contributed by atoms with Crippen molar-refractivity contribution in [1.82, 2.24) is 4.90 Å². The van der Waals surface area contributed by atoms with Gasteiger partial charge in [0.25, 0.3) is 11.1 Å². The van der Waals surface area contributed by atoms with Gasteiger partial charge in [-0.05, 0) is 89.3 Å². The summed E-state index contributed by atoms with van der Waals surface area (Å²) < 4.78 is 22.1. The molecule has 1 heterocycles. The molecule has 0 aromatic heterocycles. The van der Waals surface area contributed by atoms with Crippen molar-refractivity contribution in [2.24, 2.45) is 0 Å². The lowest BCUT2D eigenvalue weighted by atomic mass is 10.2. The molecule has 180 valence electrons. The van der Waals surface area contributed by atoms with Crippen LogP contribution in [0.25, 0.3) is 6.08 Å². The summed E-state index contributed by atoms with van der Waals surface area (Å²) >= 11 is 8.76. The van der Waals surface area contributed by atoms with Crippen LogP contribution >= 0.6 is 46.0 Å². The molecule has 2 amide bonds. The summed E-state index contributed by atoms with van der Waals surface area (Å²) in [4.78, 5) is 38.2. The Bertz CT molecular complexity index is 1110. The van der Waals surface area contributed by atoms with Crippen LogP contribution in [-0.2, 0) is 14.3 Å². The zero-order valence-electron chi connectivity index (χ0n) is 18.3. The van der Waals surface area contributed by atoms with Gasteiger partial charge in [0.2, 0.25) is 0 Å². The van der Waals surface area contributed by atoms with Crippen LogP contribution in [0.2, 0.25) is 5.02 Å². The lowest BCUT2D eigenvalue weighted by molar-refractivity contribution is -0.145. The molecule has 2 aromatic rings. The fraction of sp³-hybridized carbons (Fsp3) is 0.261. The largest absolute Gasteiger partial charge is 0.493 e. The Balaban J connectivity index is 1.68. The van der Waals surface area contributed by atoms with Crippen LogP contribution in [-0.4, -0.2) is 55.5 Å². The molecule has 1 aliphatic heterocycles. The predicted octanol–water partition coefficient (Wildman–Crippen LogP) is 5.01. The van der Waals surface area contributed by atoms with Gasteiger partial charge in [-0.25, -0.2) is 4.79 Å². The Kier molecular flexibility index (Phi) is 9.48. The number of carbonyl (C=O) groups excluding carboxylic acids is 3. The Morgan fingerprint density at radius 3 is 2.59 bits per heavy atom. The number of esters is 1. The summed E-state index contributed by atoms with van der Waals surface area (Å²) in [6.07, 6.45) is 1.62. The molecule has 0 aliphatic carbocycles. The normalized spacial score (nSPS) is 14.5. The highest BCUT2D eigenvalue weighted by Gasteiger charge is 2.35. The fourth-order valence-corrected chi connectivity index (χ4v) is 4.70. The third kappa shape index (κ3) is 6.80. The zero-order chi connectivity index (χ0) is 24.7. The number of hydrogen-bond acceptors (Lipinski definition) is 8. The maximum absolute atomic E-state index is 12.8. The summed E-state index contributed by atoms with van der Waals surface area (Å²) in [5.41, 5.74) is 0.646. The first-order valence-corrected chi connectivity index (χ1v) is 12.4. The number of ether oxygens (including phenoxy) is 4. The van der Waals surface area contributed by atoms with Gasteiger partial charge in [-0.15, -0.1) is 0 Å². The van der Waals surface area contributed by atoms with Gasteiger partial charge in [0.15, 0.2) is 18.1 Å². The molecule has 1 aliphatic rings. The Morgan fingerprint density at radius 2 is 1.91 bits per heavy atom. The second kappa shape index (κ2) is 12.3. The van der Waals surface area contributed by atoms with E-state index in [1.807, 2.05) is 22.6 Å². The van der Waals surface area contributed by atoms with Crippen molar-refractivity contribution in [3.8, 4) is 17.2 Å². The van der Waals surface area contributed by atoms with E-state index in [1.54, 1.807) is 49.4 Å². The van der Waals surface area contributed by atoms with Crippen LogP contribution < -0.4 is 14.2 Å². The fourth-order valence-electron chi connectivity index (χ4n) is 2.93. The molecule has 0 spiro atoms. The Hall–Kier alpha value is -2.44. The molecule has 1 fully saturated rings. The SMILES string of the molecule is CCOC(=O)COc1c(I)cc(/C=C2\SC(=O)N(CCOc3ccc(Cl)cc3)C2=O)cc1OC. The molecule has 0 radical (unpaired) electrons. The molecule has 0 N–H and O–H groups in total. The number of hydrogen-bond donors (Lipinski definition) is 0. The van der Waals surface area contributed by atoms with E-state index in [2.05, 4.69) is 0 Å². The third-order valence-electron chi connectivity index (χ3n) is 4.46. The van der Waals surface area contributed by atoms with Crippen molar-refractivity contribution >= 4 is 69.1 Å². The monoisotopic (exact) mass is 617 g/mol. The lowest BCUT2D eigenvalue weighted by Crippen LogP contribution is -2.32. The van der Waals surface area contributed by atoms with Crippen LogP contribution in [0.15, 0.2) is 41.3 Å². The van der Waals surface area contributed by atoms with E-state index in [-0.39, 0.29) is 36.5 Å². The maximum Gasteiger partial charge on any atom is 0.344 e. The van der Waals surface area contributed by atoms with Crippen molar-refractivity contribution in [3.63, 3.8) is 0 Å². The van der Waals surface area contributed by atoms with Gasteiger partial charge >= 0.3 is 5.97 Å². The third-order valence-corrected chi connectivity index (χ3v) is 6.42. The van der Waals surface area contributed by atoms with Gasteiger partial charge in [0.05, 0.1) is 28.7 Å². The molecule has 0 unspecified atom stereocenters. The van der Waals surface area contributed by atoms with E-state index in [9.17, 15) is 14.4 Å². The zero-order valence-corrected chi connectivity index (χ0v) is 22.1. The minimum absolute atomic E-state index is 0.117. The van der Waals surface area contributed by atoms with E-state index in [0.29, 0.717) is 31.4 Å².